The van der Waals surface area contributed by atoms with Gasteiger partial charge >= 0.3 is 0 Å². The van der Waals surface area contributed by atoms with Gasteiger partial charge in [-0.25, -0.2) is 4.40 Å². The van der Waals surface area contributed by atoms with Gasteiger partial charge in [-0.05, 0) is 35.4 Å². The fraction of sp³-hybridized carbons (Fsp3) is 0. The van der Waals surface area contributed by atoms with Crippen molar-refractivity contribution in [3.8, 4) is 33.9 Å². The average Bonchev–Trinajstić information content (AvgIpc) is 2.62. The minimum atomic E-state index is -0.615. The van der Waals surface area contributed by atoms with Crippen LogP contribution in [0.15, 0.2) is 76.3 Å². The summed E-state index contributed by atoms with van der Waals surface area (Å²) in [4.78, 5) is 28.5. The highest BCUT2D eigenvalue weighted by Crippen LogP contribution is 2.29. The van der Waals surface area contributed by atoms with Crippen molar-refractivity contribution in [1.29, 1.82) is 0 Å². The van der Waals surface area contributed by atoms with Crippen LogP contribution < -0.4 is 11.1 Å². The molecule has 0 aliphatic rings. The van der Waals surface area contributed by atoms with Crippen LogP contribution in [-0.4, -0.2) is 19.6 Å². The summed E-state index contributed by atoms with van der Waals surface area (Å²) in [6, 6.07) is 17.7. The summed E-state index contributed by atoms with van der Waals surface area (Å²) >= 11 is 0. The summed E-state index contributed by atoms with van der Waals surface area (Å²) in [5.74, 6) is -0.123. The molecule has 4 rings (SSSR count). The zero-order valence-corrected chi connectivity index (χ0v) is 13.5. The first kappa shape index (κ1) is 15.7. The largest absolute Gasteiger partial charge is 0.508 e. The monoisotopic (exact) mass is 346 g/mol. The fourth-order valence-electron chi connectivity index (χ4n) is 2.98. The van der Waals surface area contributed by atoms with E-state index in [-0.39, 0.29) is 17.1 Å². The predicted octanol–water partition coefficient (Wildman–Crippen LogP) is 2.73. The van der Waals surface area contributed by atoms with E-state index in [0.717, 1.165) is 10.5 Å². The van der Waals surface area contributed by atoms with Gasteiger partial charge in [-0.1, -0.05) is 30.3 Å². The Hall–Kier alpha value is -3.80. The summed E-state index contributed by atoms with van der Waals surface area (Å²) in [5, 5.41) is 19.3. The van der Waals surface area contributed by atoms with E-state index in [4.69, 9.17) is 0 Å². The Kier molecular flexibility index (Phi) is 3.58. The molecule has 6 nitrogen and oxygen atoms in total. The Morgan fingerprint density at radius 1 is 0.769 bits per heavy atom. The number of phenolic OH excluding ortho intramolecular Hbond substituents is 1. The number of aromatic nitrogens is 2. The van der Waals surface area contributed by atoms with Gasteiger partial charge in [0.2, 0.25) is 0 Å². The van der Waals surface area contributed by atoms with Crippen molar-refractivity contribution in [2.75, 3.05) is 0 Å². The highest BCUT2D eigenvalue weighted by molar-refractivity contribution is 5.81. The summed E-state index contributed by atoms with van der Waals surface area (Å²) in [6.45, 7) is 0. The van der Waals surface area contributed by atoms with Crippen LogP contribution in [-0.2, 0) is 0 Å². The maximum absolute atomic E-state index is 13.1. The van der Waals surface area contributed by atoms with Crippen LogP contribution in [0, 0.1) is 0 Å². The SMILES string of the molecule is O=c1cc(O)cc2[nH]c(-c3ccc(O)cc3)c(-c3ccccc3)c(=O)n12. The normalized spacial score (nSPS) is 10.9. The Morgan fingerprint density at radius 2 is 1.46 bits per heavy atom. The number of hydrogen-bond acceptors (Lipinski definition) is 4. The van der Waals surface area contributed by atoms with Crippen molar-refractivity contribution in [3.05, 3.63) is 87.4 Å². The van der Waals surface area contributed by atoms with E-state index in [1.807, 2.05) is 6.07 Å². The lowest BCUT2D eigenvalue weighted by molar-refractivity contribution is 0.474. The number of fused-ring (bicyclic) bond motifs is 1. The molecule has 0 saturated carbocycles. The molecule has 0 atom stereocenters. The summed E-state index contributed by atoms with van der Waals surface area (Å²) < 4.78 is 0.992. The zero-order chi connectivity index (χ0) is 18.3. The molecule has 2 aromatic carbocycles. The van der Waals surface area contributed by atoms with Crippen LogP contribution in [0.4, 0.5) is 0 Å². The third-order valence-corrected chi connectivity index (χ3v) is 4.16. The molecule has 0 spiro atoms. The third-order valence-electron chi connectivity index (χ3n) is 4.16. The maximum atomic E-state index is 13.1. The second-order valence-corrected chi connectivity index (χ2v) is 5.87. The van der Waals surface area contributed by atoms with Crippen molar-refractivity contribution >= 4 is 5.65 Å². The van der Waals surface area contributed by atoms with E-state index in [9.17, 15) is 19.8 Å². The molecule has 3 N–H and O–H groups in total. The van der Waals surface area contributed by atoms with Gasteiger partial charge in [0.1, 0.15) is 17.1 Å². The zero-order valence-electron chi connectivity index (χ0n) is 13.5. The summed E-state index contributed by atoms with van der Waals surface area (Å²) in [6.07, 6.45) is 0. The van der Waals surface area contributed by atoms with Gasteiger partial charge in [0.15, 0.2) is 0 Å². The van der Waals surface area contributed by atoms with Crippen LogP contribution in [0.5, 0.6) is 11.5 Å². The van der Waals surface area contributed by atoms with Gasteiger partial charge in [-0.2, -0.15) is 0 Å². The molecule has 0 saturated heterocycles. The molecule has 128 valence electrons. The number of aromatic hydroxyl groups is 2. The second kappa shape index (κ2) is 5.93. The molecule has 26 heavy (non-hydrogen) atoms. The minimum Gasteiger partial charge on any atom is -0.508 e. The van der Waals surface area contributed by atoms with Gasteiger partial charge < -0.3 is 15.2 Å². The number of nitrogens with one attached hydrogen (secondary N) is 1. The molecule has 0 bridgehead atoms. The van der Waals surface area contributed by atoms with Crippen LogP contribution in [0.2, 0.25) is 0 Å². The number of hydrogen-bond donors (Lipinski definition) is 3. The lowest BCUT2D eigenvalue weighted by Crippen LogP contribution is -2.28. The van der Waals surface area contributed by atoms with Gasteiger partial charge in [-0.3, -0.25) is 9.59 Å². The van der Waals surface area contributed by atoms with E-state index < -0.39 is 11.1 Å². The molecular formula is C20H14N2O4. The number of pyridine rings is 1. The first-order valence-corrected chi connectivity index (χ1v) is 7.91. The predicted molar refractivity (Wildman–Crippen MR) is 98.5 cm³/mol. The van der Waals surface area contributed by atoms with Gasteiger partial charge in [0.25, 0.3) is 11.1 Å². The quantitative estimate of drug-likeness (QED) is 0.520. The highest BCUT2D eigenvalue weighted by Gasteiger charge is 2.17. The molecule has 0 fully saturated rings. The van der Waals surface area contributed by atoms with Crippen LogP contribution >= 0.6 is 0 Å². The molecule has 0 amide bonds. The Bertz CT molecular complexity index is 1220. The van der Waals surface area contributed by atoms with E-state index in [1.54, 1.807) is 36.4 Å². The molecule has 2 heterocycles. The Morgan fingerprint density at radius 3 is 2.15 bits per heavy atom. The number of benzene rings is 2. The number of H-pyrrole nitrogens is 1. The summed E-state index contributed by atoms with van der Waals surface area (Å²) in [7, 11) is 0. The second-order valence-electron chi connectivity index (χ2n) is 5.87. The molecule has 0 aliphatic carbocycles. The first-order valence-electron chi connectivity index (χ1n) is 7.91. The van der Waals surface area contributed by atoms with E-state index in [1.165, 1.54) is 18.2 Å². The van der Waals surface area contributed by atoms with Crippen molar-refractivity contribution in [2.24, 2.45) is 0 Å². The molecule has 6 heteroatoms. The standard InChI is InChI=1S/C20H14N2O4/c23-14-8-6-13(7-9-14)19-18(12-4-2-1-3-5-12)20(26)22-16(21-19)10-15(24)11-17(22)25/h1-11,21,23-24H. The molecular weight excluding hydrogens is 332 g/mol. The molecule has 0 unspecified atom stereocenters. The highest BCUT2D eigenvalue weighted by atomic mass is 16.3. The topological polar surface area (TPSA) is 94.8 Å². The fourth-order valence-corrected chi connectivity index (χ4v) is 2.98. The van der Waals surface area contributed by atoms with Crippen LogP contribution in [0.25, 0.3) is 28.0 Å². The Balaban J connectivity index is 2.17. The Labute approximate surface area is 147 Å². The number of nitrogens with zero attached hydrogens (tertiary/aromatic N) is 1. The molecule has 4 aromatic rings. The van der Waals surface area contributed by atoms with Crippen molar-refractivity contribution < 1.29 is 10.2 Å². The third kappa shape index (κ3) is 2.53. The van der Waals surface area contributed by atoms with Crippen LogP contribution in [0.1, 0.15) is 0 Å². The van der Waals surface area contributed by atoms with Gasteiger partial charge in [0, 0.05) is 12.1 Å². The first-order chi connectivity index (χ1) is 12.5. The van der Waals surface area contributed by atoms with Crippen molar-refractivity contribution in [1.82, 2.24) is 9.38 Å². The van der Waals surface area contributed by atoms with Gasteiger partial charge in [-0.15, -0.1) is 0 Å². The van der Waals surface area contributed by atoms with Crippen molar-refractivity contribution in [2.45, 2.75) is 0 Å². The lowest BCUT2D eigenvalue weighted by atomic mass is 10.0. The molecule has 0 radical (unpaired) electrons. The van der Waals surface area contributed by atoms with E-state index >= 15 is 0 Å². The molecule has 0 aliphatic heterocycles. The smallest absolute Gasteiger partial charge is 0.269 e. The van der Waals surface area contributed by atoms with E-state index in [0.29, 0.717) is 22.4 Å². The average molecular weight is 346 g/mol. The number of rotatable bonds is 2. The lowest BCUT2D eigenvalue weighted by Gasteiger charge is -2.13. The minimum absolute atomic E-state index is 0.104. The summed E-state index contributed by atoms with van der Waals surface area (Å²) in [5.41, 5.74) is 1.22. The van der Waals surface area contributed by atoms with E-state index in [2.05, 4.69) is 4.98 Å². The van der Waals surface area contributed by atoms with Gasteiger partial charge in [0.05, 0.1) is 11.3 Å². The molecule has 2 aromatic heterocycles. The maximum Gasteiger partial charge on any atom is 0.269 e. The van der Waals surface area contributed by atoms with Crippen molar-refractivity contribution in [3.63, 3.8) is 0 Å². The number of phenols is 1. The number of aromatic amines is 1. The van der Waals surface area contributed by atoms with Crippen LogP contribution in [0.3, 0.4) is 0 Å².